The summed E-state index contributed by atoms with van der Waals surface area (Å²) in [6.07, 6.45) is 5.18. The first-order valence-electron chi connectivity index (χ1n) is 5.50. The van der Waals surface area contributed by atoms with Crippen molar-refractivity contribution in [3.8, 4) is 0 Å². The third-order valence-electron chi connectivity index (χ3n) is 3.70. The Balaban J connectivity index is 2.12. The highest BCUT2D eigenvalue weighted by atomic mass is 35.5. The van der Waals surface area contributed by atoms with Crippen LogP contribution in [0.25, 0.3) is 0 Å². The zero-order valence-electron chi connectivity index (χ0n) is 8.42. The van der Waals surface area contributed by atoms with Gasteiger partial charge >= 0.3 is 0 Å². The van der Waals surface area contributed by atoms with Crippen LogP contribution in [0.5, 0.6) is 0 Å². The first-order chi connectivity index (χ1) is 7.11. The van der Waals surface area contributed by atoms with Crippen LogP contribution in [0, 0.1) is 23.7 Å². The van der Waals surface area contributed by atoms with E-state index in [9.17, 15) is 9.59 Å². The van der Waals surface area contributed by atoms with Gasteiger partial charge in [-0.2, -0.15) is 0 Å². The van der Waals surface area contributed by atoms with Crippen molar-refractivity contribution in [2.24, 2.45) is 23.7 Å². The summed E-state index contributed by atoms with van der Waals surface area (Å²) in [5, 5.41) is -0.742. The maximum absolute atomic E-state index is 11.4. The van der Waals surface area contributed by atoms with Crippen molar-refractivity contribution in [1.82, 2.24) is 0 Å². The Kier molecular flexibility index (Phi) is 3.36. The highest BCUT2D eigenvalue weighted by Gasteiger charge is 2.47. The largest absolute Gasteiger partial charge is 0.281 e. The summed E-state index contributed by atoms with van der Waals surface area (Å²) in [7, 11) is 0. The van der Waals surface area contributed by atoms with E-state index >= 15 is 0 Å². The molecule has 2 rings (SSSR count). The summed E-state index contributed by atoms with van der Waals surface area (Å²) in [5.41, 5.74) is 0. The second kappa shape index (κ2) is 4.42. The number of halogens is 2. The first-order valence-corrected chi connectivity index (χ1v) is 6.25. The van der Waals surface area contributed by atoms with Gasteiger partial charge in [-0.3, -0.25) is 9.59 Å². The Morgan fingerprint density at radius 3 is 1.47 bits per heavy atom. The molecule has 0 aromatic rings. The second-order valence-electron chi connectivity index (χ2n) is 4.69. The molecule has 4 heteroatoms. The lowest BCUT2D eigenvalue weighted by Gasteiger charge is -2.35. The number of rotatable bonds is 5. The third kappa shape index (κ3) is 2.36. The average molecular weight is 249 g/mol. The van der Waals surface area contributed by atoms with Gasteiger partial charge in [-0.25, -0.2) is 0 Å². The summed E-state index contributed by atoms with van der Waals surface area (Å²) >= 11 is 11.2. The molecule has 2 atom stereocenters. The zero-order chi connectivity index (χ0) is 11.0. The molecular weight excluding hydrogens is 235 g/mol. The standard InChI is InChI=1S/C11H14Cl2O2/c12-10(14)8(6-2-1-3-6)9(11(13)15)7-4-5-7/h6-9H,1-5H2. The van der Waals surface area contributed by atoms with Gasteiger partial charge in [0.05, 0.1) is 0 Å². The van der Waals surface area contributed by atoms with E-state index in [1.807, 2.05) is 0 Å². The molecule has 2 saturated carbocycles. The molecule has 0 bridgehead atoms. The molecule has 2 fully saturated rings. The van der Waals surface area contributed by atoms with Crippen molar-refractivity contribution in [2.45, 2.75) is 32.1 Å². The molecule has 0 spiro atoms. The lowest BCUT2D eigenvalue weighted by molar-refractivity contribution is -0.127. The van der Waals surface area contributed by atoms with Crippen LogP contribution < -0.4 is 0 Å². The maximum atomic E-state index is 11.4. The molecule has 2 aliphatic carbocycles. The number of carbonyl (C=O) groups is 2. The van der Waals surface area contributed by atoms with Crippen LogP contribution >= 0.6 is 23.2 Å². The normalized spacial score (nSPS) is 25.5. The first kappa shape index (κ1) is 11.4. The SMILES string of the molecule is O=C(Cl)C(C1CCC1)C(C(=O)Cl)C1CC1. The molecule has 84 valence electrons. The topological polar surface area (TPSA) is 34.1 Å². The van der Waals surface area contributed by atoms with Crippen LogP contribution in [0.15, 0.2) is 0 Å². The molecule has 2 unspecified atom stereocenters. The van der Waals surface area contributed by atoms with Crippen LogP contribution in [0.4, 0.5) is 0 Å². The van der Waals surface area contributed by atoms with Gasteiger partial charge in [0.1, 0.15) is 0 Å². The molecule has 2 aliphatic rings. The van der Waals surface area contributed by atoms with E-state index < -0.39 is 0 Å². The summed E-state index contributed by atoms with van der Waals surface area (Å²) in [5.74, 6) is -0.0357. The Labute approximate surface area is 99.3 Å². The predicted molar refractivity (Wildman–Crippen MR) is 58.8 cm³/mol. The smallest absolute Gasteiger partial charge is 0.225 e. The van der Waals surface area contributed by atoms with Crippen molar-refractivity contribution in [3.63, 3.8) is 0 Å². The molecule has 0 aromatic heterocycles. The predicted octanol–water partition coefficient (Wildman–Crippen LogP) is 2.96. The van der Waals surface area contributed by atoms with Gasteiger partial charge in [-0.1, -0.05) is 6.42 Å². The fourth-order valence-corrected chi connectivity index (χ4v) is 3.12. The van der Waals surface area contributed by atoms with Gasteiger partial charge in [0.2, 0.25) is 10.5 Å². The summed E-state index contributed by atoms with van der Waals surface area (Å²) < 4.78 is 0. The van der Waals surface area contributed by atoms with Crippen LogP contribution in [-0.2, 0) is 9.59 Å². The van der Waals surface area contributed by atoms with Gasteiger partial charge in [0.15, 0.2) is 0 Å². The minimum absolute atomic E-state index is 0.295. The number of hydrogen-bond donors (Lipinski definition) is 0. The summed E-state index contributed by atoms with van der Waals surface area (Å²) in [6.45, 7) is 0. The Morgan fingerprint density at radius 2 is 1.27 bits per heavy atom. The van der Waals surface area contributed by atoms with E-state index in [2.05, 4.69) is 0 Å². The van der Waals surface area contributed by atoms with Crippen LogP contribution in [0.1, 0.15) is 32.1 Å². The Morgan fingerprint density at radius 1 is 0.867 bits per heavy atom. The van der Waals surface area contributed by atoms with Crippen molar-refractivity contribution in [3.05, 3.63) is 0 Å². The second-order valence-corrected chi connectivity index (χ2v) is 5.43. The van der Waals surface area contributed by atoms with E-state index in [-0.39, 0.29) is 22.3 Å². The monoisotopic (exact) mass is 248 g/mol. The molecule has 15 heavy (non-hydrogen) atoms. The summed E-state index contributed by atoms with van der Waals surface area (Å²) in [6, 6.07) is 0. The van der Waals surface area contributed by atoms with E-state index in [0.717, 1.165) is 32.1 Å². The fourth-order valence-electron chi connectivity index (χ4n) is 2.49. The molecule has 0 saturated heterocycles. The van der Waals surface area contributed by atoms with Crippen LogP contribution in [0.2, 0.25) is 0 Å². The lowest BCUT2D eigenvalue weighted by Crippen LogP contribution is -2.36. The van der Waals surface area contributed by atoms with E-state index in [4.69, 9.17) is 23.2 Å². The fraction of sp³-hybridized carbons (Fsp3) is 0.818. The van der Waals surface area contributed by atoms with Gasteiger partial charge in [0, 0.05) is 11.8 Å². The van der Waals surface area contributed by atoms with E-state index in [1.165, 1.54) is 0 Å². The minimum atomic E-state index is -0.372. The van der Waals surface area contributed by atoms with E-state index in [1.54, 1.807) is 0 Å². The molecule has 0 aliphatic heterocycles. The quantitative estimate of drug-likeness (QED) is 0.702. The van der Waals surface area contributed by atoms with Crippen LogP contribution in [0.3, 0.4) is 0 Å². The lowest BCUT2D eigenvalue weighted by atomic mass is 9.70. The summed E-state index contributed by atoms with van der Waals surface area (Å²) in [4.78, 5) is 22.8. The van der Waals surface area contributed by atoms with Gasteiger partial charge in [-0.05, 0) is 60.7 Å². The van der Waals surface area contributed by atoms with Crippen molar-refractivity contribution < 1.29 is 9.59 Å². The van der Waals surface area contributed by atoms with Gasteiger partial charge < -0.3 is 0 Å². The molecular formula is C11H14Cl2O2. The van der Waals surface area contributed by atoms with Gasteiger partial charge in [-0.15, -0.1) is 0 Å². The minimum Gasteiger partial charge on any atom is -0.281 e. The molecule has 0 radical (unpaired) electrons. The average Bonchev–Trinajstić information content (AvgIpc) is 2.82. The zero-order valence-corrected chi connectivity index (χ0v) is 9.93. The number of hydrogen-bond acceptors (Lipinski definition) is 2. The Bertz CT molecular complexity index is 282. The van der Waals surface area contributed by atoms with Crippen LogP contribution in [-0.4, -0.2) is 10.5 Å². The molecule has 0 N–H and O–H groups in total. The molecule has 2 nitrogen and oxygen atoms in total. The molecule has 0 aromatic carbocycles. The Hall–Kier alpha value is -0.0800. The molecule has 0 heterocycles. The van der Waals surface area contributed by atoms with Crippen molar-refractivity contribution >= 4 is 33.7 Å². The number of carbonyl (C=O) groups excluding carboxylic acids is 2. The third-order valence-corrected chi connectivity index (χ3v) is 4.20. The van der Waals surface area contributed by atoms with Crippen molar-refractivity contribution in [2.75, 3.05) is 0 Å². The van der Waals surface area contributed by atoms with Crippen molar-refractivity contribution in [1.29, 1.82) is 0 Å². The van der Waals surface area contributed by atoms with E-state index in [0.29, 0.717) is 11.8 Å². The highest BCUT2D eigenvalue weighted by molar-refractivity contribution is 6.66. The highest BCUT2D eigenvalue weighted by Crippen LogP contribution is 2.48. The maximum Gasteiger partial charge on any atom is 0.225 e. The molecule has 0 amide bonds. The van der Waals surface area contributed by atoms with Gasteiger partial charge in [0.25, 0.3) is 0 Å².